The molecule has 0 heterocycles. The number of benzene rings is 3. The smallest absolute Gasteiger partial charge is 0.244 e. The third-order valence-electron chi connectivity index (χ3n) is 6.18. The summed E-state index contributed by atoms with van der Waals surface area (Å²) >= 11 is 3.49. The van der Waals surface area contributed by atoms with E-state index in [9.17, 15) is 18.0 Å². The van der Waals surface area contributed by atoms with Gasteiger partial charge in [0.2, 0.25) is 21.8 Å². The van der Waals surface area contributed by atoms with Crippen molar-refractivity contribution in [1.82, 2.24) is 10.2 Å². The highest BCUT2D eigenvalue weighted by Crippen LogP contribution is 2.23. The summed E-state index contributed by atoms with van der Waals surface area (Å²) in [6.45, 7) is 9.10. The van der Waals surface area contributed by atoms with Gasteiger partial charge in [0.05, 0.1) is 11.9 Å². The van der Waals surface area contributed by atoms with Gasteiger partial charge in [0, 0.05) is 23.0 Å². The van der Waals surface area contributed by atoms with Crippen molar-refractivity contribution >= 4 is 43.5 Å². The van der Waals surface area contributed by atoms with Crippen LogP contribution in [-0.2, 0) is 32.6 Å². The van der Waals surface area contributed by atoms with Crippen LogP contribution in [0.15, 0.2) is 77.3 Å². The Kier molecular flexibility index (Phi) is 10.2. The standard InChI is InChI=1S/C31H38BrN3O4S/c1-22-15-23(2)17-27(16-22)35(40(6,38)39)21-29(36)34(20-25-13-10-14-26(32)18-25)28(30(37)33-31(3,4)5)19-24-11-8-7-9-12-24/h7-18,28H,19-21H2,1-6H3,(H,33,37)/t28-/m1/s1. The molecule has 0 spiro atoms. The lowest BCUT2D eigenvalue weighted by atomic mass is 10.0. The lowest BCUT2D eigenvalue weighted by molar-refractivity contribution is -0.140. The van der Waals surface area contributed by atoms with Gasteiger partial charge >= 0.3 is 0 Å². The second-order valence-electron chi connectivity index (χ2n) is 11.2. The van der Waals surface area contributed by atoms with Crippen molar-refractivity contribution in [2.45, 2.75) is 59.2 Å². The largest absolute Gasteiger partial charge is 0.350 e. The van der Waals surface area contributed by atoms with Gasteiger partial charge in [-0.1, -0.05) is 64.5 Å². The van der Waals surface area contributed by atoms with Gasteiger partial charge < -0.3 is 10.2 Å². The molecule has 1 N–H and O–H groups in total. The summed E-state index contributed by atoms with van der Waals surface area (Å²) in [4.78, 5) is 29.4. The Labute approximate surface area is 246 Å². The van der Waals surface area contributed by atoms with Crippen LogP contribution in [0.25, 0.3) is 0 Å². The van der Waals surface area contributed by atoms with E-state index in [2.05, 4.69) is 21.2 Å². The molecule has 1 atom stereocenters. The number of sulfonamides is 1. The summed E-state index contributed by atoms with van der Waals surface area (Å²) in [6.07, 6.45) is 1.36. The molecule has 3 aromatic rings. The number of hydrogen-bond donors (Lipinski definition) is 1. The number of nitrogens with one attached hydrogen (secondary N) is 1. The van der Waals surface area contributed by atoms with Gasteiger partial charge in [-0.25, -0.2) is 8.42 Å². The SMILES string of the molecule is Cc1cc(C)cc(N(CC(=O)N(Cc2cccc(Br)c2)[C@H](Cc2ccccc2)C(=O)NC(C)(C)C)S(C)(=O)=O)c1. The van der Waals surface area contributed by atoms with E-state index in [4.69, 9.17) is 0 Å². The number of amides is 2. The summed E-state index contributed by atoms with van der Waals surface area (Å²) in [5.74, 6) is -0.786. The van der Waals surface area contributed by atoms with Crippen molar-refractivity contribution in [2.75, 3.05) is 17.1 Å². The van der Waals surface area contributed by atoms with Crippen molar-refractivity contribution in [3.8, 4) is 0 Å². The monoisotopic (exact) mass is 627 g/mol. The van der Waals surface area contributed by atoms with Crippen LogP contribution in [0.1, 0.15) is 43.0 Å². The Morgan fingerprint density at radius 3 is 2.05 bits per heavy atom. The van der Waals surface area contributed by atoms with Crippen LogP contribution < -0.4 is 9.62 Å². The number of halogens is 1. The van der Waals surface area contributed by atoms with E-state index >= 15 is 0 Å². The summed E-state index contributed by atoms with van der Waals surface area (Å²) in [5, 5.41) is 3.03. The van der Waals surface area contributed by atoms with Crippen LogP contribution in [0, 0.1) is 13.8 Å². The molecule has 0 saturated heterocycles. The molecule has 7 nitrogen and oxygen atoms in total. The van der Waals surface area contributed by atoms with E-state index in [1.54, 1.807) is 12.1 Å². The molecule has 0 fully saturated rings. The molecule has 0 aliphatic heterocycles. The van der Waals surface area contributed by atoms with Gasteiger partial charge in [0.25, 0.3) is 0 Å². The molecule has 9 heteroatoms. The van der Waals surface area contributed by atoms with Crippen molar-refractivity contribution in [1.29, 1.82) is 0 Å². The van der Waals surface area contributed by atoms with Crippen LogP contribution in [0.5, 0.6) is 0 Å². The second kappa shape index (κ2) is 13.0. The van der Waals surface area contributed by atoms with E-state index in [1.165, 1.54) is 4.90 Å². The summed E-state index contributed by atoms with van der Waals surface area (Å²) in [7, 11) is -3.82. The predicted octanol–water partition coefficient (Wildman–Crippen LogP) is 5.39. The van der Waals surface area contributed by atoms with Gasteiger partial charge in [0.1, 0.15) is 12.6 Å². The fraction of sp³-hybridized carbons (Fsp3) is 0.355. The average Bonchev–Trinajstić information content (AvgIpc) is 2.82. The molecule has 0 radical (unpaired) electrons. The van der Waals surface area contributed by atoms with E-state index in [0.29, 0.717) is 5.69 Å². The zero-order chi connectivity index (χ0) is 29.7. The second-order valence-corrected chi connectivity index (χ2v) is 14.0. The zero-order valence-electron chi connectivity index (χ0n) is 23.9. The van der Waals surface area contributed by atoms with Crippen molar-refractivity contribution < 1.29 is 18.0 Å². The maximum atomic E-state index is 14.2. The molecule has 214 valence electrons. The highest BCUT2D eigenvalue weighted by molar-refractivity contribution is 9.10. The lowest BCUT2D eigenvalue weighted by Crippen LogP contribution is -2.56. The maximum absolute atomic E-state index is 14.2. The first-order valence-corrected chi connectivity index (χ1v) is 15.7. The van der Waals surface area contributed by atoms with Crippen LogP contribution in [0.2, 0.25) is 0 Å². The Bertz CT molecular complexity index is 1430. The molecule has 40 heavy (non-hydrogen) atoms. The van der Waals surface area contributed by atoms with Crippen LogP contribution in [-0.4, -0.2) is 49.5 Å². The molecule has 0 aromatic heterocycles. The average molecular weight is 629 g/mol. The number of rotatable bonds is 10. The molecular weight excluding hydrogens is 590 g/mol. The predicted molar refractivity (Wildman–Crippen MR) is 165 cm³/mol. The van der Waals surface area contributed by atoms with Crippen LogP contribution >= 0.6 is 15.9 Å². The molecule has 2 amide bonds. The van der Waals surface area contributed by atoms with Gasteiger partial charge in [-0.2, -0.15) is 0 Å². The number of carbonyl (C=O) groups is 2. The maximum Gasteiger partial charge on any atom is 0.244 e. The molecule has 0 unspecified atom stereocenters. The van der Waals surface area contributed by atoms with Gasteiger partial charge in [-0.15, -0.1) is 0 Å². The summed E-state index contributed by atoms with van der Waals surface area (Å²) < 4.78 is 27.9. The third-order valence-corrected chi connectivity index (χ3v) is 7.82. The molecule has 0 aliphatic carbocycles. The van der Waals surface area contributed by atoms with Gasteiger partial charge in [-0.3, -0.25) is 13.9 Å². The Morgan fingerprint density at radius 2 is 1.50 bits per heavy atom. The summed E-state index contributed by atoms with van der Waals surface area (Å²) in [5.41, 5.74) is 3.34. The molecule has 3 aromatic carbocycles. The first-order chi connectivity index (χ1) is 18.6. The minimum absolute atomic E-state index is 0.123. The zero-order valence-corrected chi connectivity index (χ0v) is 26.3. The van der Waals surface area contributed by atoms with Gasteiger partial charge in [0.15, 0.2) is 0 Å². The van der Waals surface area contributed by atoms with Crippen molar-refractivity contribution in [2.24, 2.45) is 0 Å². The third kappa shape index (κ3) is 9.20. The van der Waals surface area contributed by atoms with E-state index in [-0.39, 0.29) is 18.9 Å². The Morgan fingerprint density at radius 1 is 0.900 bits per heavy atom. The molecular formula is C31H38BrN3O4S. The lowest BCUT2D eigenvalue weighted by Gasteiger charge is -2.35. The minimum Gasteiger partial charge on any atom is -0.350 e. The topological polar surface area (TPSA) is 86.8 Å². The Hall–Kier alpha value is -3.17. The highest BCUT2D eigenvalue weighted by atomic mass is 79.9. The molecule has 0 bridgehead atoms. The number of nitrogens with zero attached hydrogens (tertiary/aromatic N) is 2. The van der Waals surface area contributed by atoms with Gasteiger partial charge in [-0.05, 0) is 81.1 Å². The molecule has 3 rings (SSSR count). The van der Waals surface area contributed by atoms with Crippen LogP contribution in [0.3, 0.4) is 0 Å². The van der Waals surface area contributed by atoms with E-state index in [1.807, 2.05) is 95.3 Å². The van der Waals surface area contributed by atoms with E-state index in [0.717, 1.165) is 37.3 Å². The highest BCUT2D eigenvalue weighted by Gasteiger charge is 2.34. The number of hydrogen-bond acceptors (Lipinski definition) is 4. The van der Waals surface area contributed by atoms with Crippen LogP contribution in [0.4, 0.5) is 5.69 Å². The quantitative estimate of drug-likeness (QED) is 0.327. The first kappa shape index (κ1) is 31.4. The van der Waals surface area contributed by atoms with Crippen molar-refractivity contribution in [3.63, 3.8) is 0 Å². The number of carbonyl (C=O) groups excluding carboxylic acids is 2. The molecule has 0 saturated carbocycles. The van der Waals surface area contributed by atoms with E-state index < -0.39 is 34.1 Å². The summed E-state index contributed by atoms with van der Waals surface area (Å²) in [6, 6.07) is 21.6. The number of aryl methyl sites for hydroxylation is 2. The molecule has 0 aliphatic rings. The Balaban J connectivity index is 2.09. The fourth-order valence-electron chi connectivity index (χ4n) is 4.55. The fourth-order valence-corrected chi connectivity index (χ4v) is 5.83. The minimum atomic E-state index is -3.82. The number of anilines is 1. The first-order valence-electron chi connectivity index (χ1n) is 13.1. The normalized spacial score (nSPS) is 12.5. The van der Waals surface area contributed by atoms with Crippen molar-refractivity contribution in [3.05, 3.63) is 99.5 Å².